The number of esters is 1. The summed E-state index contributed by atoms with van der Waals surface area (Å²) >= 11 is 0. The molecule has 1 rings (SSSR count). The number of rotatable bonds is 5. The summed E-state index contributed by atoms with van der Waals surface area (Å²) in [5.74, 6) is -0.237. The summed E-state index contributed by atoms with van der Waals surface area (Å²) in [7, 11) is 1.39. The van der Waals surface area contributed by atoms with Crippen LogP contribution in [0.2, 0.25) is 0 Å². The van der Waals surface area contributed by atoms with E-state index >= 15 is 0 Å². The number of nitrogens with zero attached hydrogens (tertiary/aromatic N) is 2. The van der Waals surface area contributed by atoms with Crippen LogP contribution in [0.5, 0.6) is 0 Å². The van der Waals surface area contributed by atoms with Crippen molar-refractivity contribution in [3.8, 4) is 0 Å². The molecular formula is C13H24N2O4. The van der Waals surface area contributed by atoms with Crippen molar-refractivity contribution < 1.29 is 19.1 Å². The van der Waals surface area contributed by atoms with E-state index in [0.717, 1.165) is 12.8 Å². The molecule has 1 saturated heterocycles. The number of amides is 1. The number of piperazine rings is 1. The van der Waals surface area contributed by atoms with Crippen LogP contribution in [-0.2, 0) is 14.3 Å². The highest BCUT2D eigenvalue weighted by molar-refractivity contribution is 5.75. The molecule has 1 aliphatic heterocycles. The van der Waals surface area contributed by atoms with Gasteiger partial charge in [-0.1, -0.05) is 13.3 Å². The van der Waals surface area contributed by atoms with E-state index in [0.29, 0.717) is 32.8 Å². The van der Waals surface area contributed by atoms with Gasteiger partial charge < -0.3 is 14.4 Å². The largest absolute Gasteiger partial charge is 0.468 e. The van der Waals surface area contributed by atoms with Gasteiger partial charge in [-0.25, -0.2) is 4.79 Å². The number of ether oxygens (including phenoxy) is 2. The molecule has 1 atom stereocenters. The Labute approximate surface area is 114 Å². The van der Waals surface area contributed by atoms with E-state index in [1.165, 1.54) is 7.11 Å². The summed E-state index contributed by atoms with van der Waals surface area (Å²) in [6, 6.07) is -0.261. The maximum Gasteiger partial charge on any atom is 0.409 e. The van der Waals surface area contributed by atoms with Gasteiger partial charge in [0.2, 0.25) is 0 Å². The monoisotopic (exact) mass is 272 g/mol. The van der Waals surface area contributed by atoms with Gasteiger partial charge in [0.1, 0.15) is 6.04 Å². The van der Waals surface area contributed by atoms with Crippen LogP contribution >= 0.6 is 0 Å². The third kappa shape index (κ3) is 4.70. The highest BCUT2D eigenvalue weighted by Crippen LogP contribution is 2.09. The molecule has 0 saturated carbocycles. The molecule has 1 fully saturated rings. The van der Waals surface area contributed by atoms with Crippen LogP contribution < -0.4 is 0 Å². The quantitative estimate of drug-likeness (QED) is 0.554. The smallest absolute Gasteiger partial charge is 0.409 e. The highest BCUT2D eigenvalue weighted by atomic mass is 16.6. The number of carbonyl (C=O) groups is 2. The molecule has 0 aromatic rings. The van der Waals surface area contributed by atoms with E-state index in [2.05, 4.69) is 6.92 Å². The van der Waals surface area contributed by atoms with Crippen molar-refractivity contribution in [3.05, 3.63) is 0 Å². The summed E-state index contributed by atoms with van der Waals surface area (Å²) < 4.78 is 9.88. The lowest BCUT2D eigenvalue weighted by Gasteiger charge is -2.36. The molecule has 19 heavy (non-hydrogen) atoms. The summed E-state index contributed by atoms with van der Waals surface area (Å²) in [6.45, 7) is 6.87. The second kappa shape index (κ2) is 7.99. The van der Waals surface area contributed by atoms with Crippen LogP contribution in [0.4, 0.5) is 4.79 Å². The first kappa shape index (κ1) is 15.8. The van der Waals surface area contributed by atoms with Gasteiger partial charge in [0.15, 0.2) is 0 Å². The summed E-state index contributed by atoms with van der Waals surface area (Å²) in [6.07, 6.45) is 1.65. The van der Waals surface area contributed by atoms with Crippen molar-refractivity contribution in [2.24, 2.45) is 0 Å². The van der Waals surface area contributed by atoms with Crippen LogP contribution in [0, 0.1) is 0 Å². The van der Waals surface area contributed by atoms with E-state index in [9.17, 15) is 9.59 Å². The minimum Gasteiger partial charge on any atom is -0.468 e. The minimum absolute atomic E-state index is 0.237. The Morgan fingerprint density at radius 2 is 1.84 bits per heavy atom. The van der Waals surface area contributed by atoms with Gasteiger partial charge >= 0.3 is 12.1 Å². The zero-order valence-corrected chi connectivity index (χ0v) is 12.1. The average molecular weight is 272 g/mol. The Bertz CT molecular complexity index is 301. The third-order valence-corrected chi connectivity index (χ3v) is 3.39. The Hall–Kier alpha value is -1.30. The minimum atomic E-state index is -0.261. The summed E-state index contributed by atoms with van der Waals surface area (Å²) in [5, 5.41) is 0. The van der Waals surface area contributed by atoms with Gasteiger partial charge in [-0.15, -0.1) is 0 Å². The number of methoxy groups -OCH3 is 1. The molecule has 0 N–H and O–H groups in total. The highest BCUT2D eigenvalue weighted by Gasteiger charge is 2.28. The molecule has 0 spiro atoms. The van der Waals surface area contributed by atoms with E-state index in [1.54, 1.807) is 4.90 Å². The van der Waals surface area contributed by atoms with Crippen LogP contribution in [0.1, 0.15) is 26.7 Å². The van der Waals surface area contributed by atoms with Crippen LogP contribution in [0.25, 0.3) is 0 Å². The SMILES string of the molecule is CCCCOC(=O)N1CCN(C(C)C(=O)OC)CC1. The van der Waals surface area contributed by atoms with Gasteiger partial charge in [0.25, 0.3) is 0 Å². The first-order valence-electron chi connectivity index (χ1n) is 6.83. The molecule has 1 amide bonds. The Kier molecular flexibility index (Phi) is 6.62. The van der Waals surface area contributed by atoms with Crippen molar-refractivity contribution in [1.82, 2.24) is 9.80 Å². The van der Waals surface area contributed by atoms with Crippen molar-refractivity contribution in [1.29, 1.82) is 0 Å². The number of hydrogen-bond donors (Lipinski definition) is 0. The van der Waals surface area contributed by atoms with E-state index in [1.807, 2.05) is 11.8 Å². The first-order chi connectivity index (χ1) is 9.10. The van der Waals surface area contributed by atoms with Gasteiger partial charge in [-0.2, -0.15) is 0 Å². The molecule has 1 unspecified atom stereocenters. The molecule has 0 radical (unpaired) electrons. The third-order valence-electron chi connectivity index (χ3n) is 3.39. The first-order valence-corrected chi connectivity index (χ1v) is 6.83. The van der Waals surface area contributed by atoms with E-state index in [-0.39, 0.29) is 18.1 Å². The number of carbonyl (C=O) groups excluding carboxylic acids is 2. The molecule has 0 bridgehead atoms. The number of unbranched alkanes of at least 4 members (excludes halogenated alkanes) is 1. The zero-order valence-electron chi connectivity index (χ0n) is 12.1. The maximum atomic E-state index is 11.7. The molecule has 0 aromatic carbocycles. The van der Waals surface area contributed by atoms with Gasteiger partial charge in [-0.05, 0) is 13.3 Å². The number of hydrogen-bond acceptors (Lipinski definition) is 5. The van der Waals surface area contributed by atoms with Crippen molar-refractivity contribution in [2.45, 2.75) is 32.7 Å². The Morgan fingerprint density at radius 1 is 1.21 bits per heavy atom. The molecule has 0 aliphatic carbocycles. The fraction of sp³-hybridized carbons (Fsp3) is 0.846. The van der Waals surface area contributed by atoms with E-state index < -0.39 is 0 Å². The summed E-state index contributed by atoms with van der Waals surface area (Å²) in [4.78, 5) is 26.9. The second-order valence-corrected chi connectivity index (χ2v) is 4.69. The van der Waals surface area contributed by atoms with Crippen molar-refractivity contribution in [3.63, 3.8) is 0 Å². The van der Waals surface area contributed by atoms with Crippen molar-refractivity contribution >= 4 is 12.1 Å². The molecular weight excluding hydrogens is 248 g/mol. The predicted molar refractivity (Wildman–Crippen MR) is 70.9 cm³/mol. The molecule has 1 aliphatic rings. The average Bonchev–Trinajstić information content (AvgIpc) is 2.46. The maximum absolute atomic E-state index is 11.7. The predicted octanol–water partition coefficient (Wildman–Crippen LogP) is 1.10. The lowest BCUT2D eigenvalue weighted by molar-refractivity contribution is -0.146. The lowest BCUT2D eigenvalue weighted by atomic mass is 10.2. The van der Waals surface area contributed by atoms with Crippen molar-refractivity contribution in [2.75, 3.05) is 39.9 Å². The second-order valence-electron chi connectivity index (χ2n) is 4.69. The molecule has 110 valence electrons. The molecule has 0 aromatic heterocycles. The molecule has 1 heterocycles. The molecule has 6 heteroatoms. The fourth-order valence-electron chi connectivity index (χ4n) is 2.01. The lowest BCUT2D eigenvalue weighted by Crippen LogP contribution is -2.53. The standard InChI is InChI=1S/C13H24N2O4/c1-4-5-10-19-13(17)15-8-6-14(7-9-15)11(2)12(16)18-3/h11H,4-10H2,1-3H3. The Balaban J connectivity index is 2.32. The van der Waals surface area contributed by atoms with Crippen LogP contribution in [0.3, 0.4) is 0 Å². The Morgan fingerprint density at radius 3 is 2.37 bits per heavy atom. The normalized spacial score (nSPS) is 17.9. The van der Waals surface area contributed by atoms with Gasteiger partial charge in [0, 0.05) is 26.2 Å². The van der Waals surface area contributed by atoms with Gasteiger partial charge in [-0.3, -0.25) is 9.69 Å². The topological polar surface area (TPSA) is 59.1 Å². The van der Waals surface area contributed by atoms with E-state index in [4.69, 9.17) is 9.47 Å². The molecule has 6 nitrogen and oxygen atoms in total. The zero-order chi connectivity index (χ0) is 14.3. The van der Waals surface area contributed by atoms with Crippen LogP contribution in [0.15, 0.2) is 0 Å². The van der Waals surface area contributed by atoms with Crippen LogP contribution in [-0.4, -0.2) is 67.8 Å². The van der Waals surface area contributed by atoms with Gasteiger partial charge in [0.05, 0.1) is 13.7 Å². The fourth-order valence-corrected chi connectivity index (χ4v) is 2.01. The summed E-state index contributed by atoms with van der Waals surface area (Å²) in [5.41, 5.74) is 0.